The highest BCUT2D eigenvalue weighted by molar-refractivity contribution is 5.76. The predicted molar refractivity (Wildman–Crippen MR) is 403 cm³/mol. The van der Waals surface area contributed by atoms with E-state index in [1.807, 2.05) is 6.08 Å². The van der Waals surface area contributed by atoms with Crippen molar-refractivity contribution in [1.29, 1.82) is 0 Å². The Hall–Kier alpha value is -1.66. The lowest BCUT2D eigenvalue weighted by Crippen LogP contribution is -2.45. The second-order valence-corrected chi connectivity index (χ2v) is 29.2. The lowest BCUT2D eigenvalue weighted by Gasteiger charge is -2.20. The molecule has 6 nitrogen and oxygen atoms in total. The van der Waals surface area contributed by atoms with Crippen molar-refractivity contribution in [3.63, 3.8) is 0 Å². The minimum Gasteiger partial charge on any atom is -0.466 e. The van der Waals surface area contributed by atoms with Gasteiger partial charge in [-0.05, 0) is 57.8 Å². The van der Waals surface area contributed by atoms with E-state index in [1.165, 1.54) is 411 Å². The Bertz CT molecular complexity index is 1430. The number of amides is 1. The van der Waals surface area contributed by atoms with Crippen molar-refractivity contribution >= 4 is 11.9 Å². The Morgan fingerprint density at radius 3 is 0.791 bits per heavy atom. The van der Waals surface area contributed by atoms with Crippen molar-refractivity contribution < 1.29 is 24.5 Å². The zero-order valence-electron chi connectivity index (χ0n) is 62.1. The van der Waals surface area contributed by atoms with Gasteiger partial charge in [-0.1, -0.05) is 436 Å². The largest absolute Gasteiger partial charge is 0.466 e. The van der Waals surface area contributed by atoms with Crippen LogP contribution in [0.5, 0.6) is 0 Å². The fourth-order valence-corrected chi connectivity index (χ4v) is 13.6. The lowest BCUT2D eigenvalue weighted by atomic mass is 10.0. The van der Waals surface area contributed by atoms with Crippen molar-refractivity contribution in [2.75, 3.05) is 13.2 Å². The van der Waals surface area contributed by atoms with Crippen LogP contribution in [0.1, 0.15) is 483 Å². The highest BCUT2D eigenvalue weighted by Gasteiger charge is 2.18. The van der Waals surface area contributed by atoms with Crippen LogP contribution in [0.15, 0.2) is 24.3 Å². The van der Waals surface area contributed by atoms with Gasteiger partial charge in [-0.25, -0.2) is 0 Å². The first-order chi connectivity index (χ1) is 45.0. The number of esters is 1. The third kappa shape index (κ3) is 77.2. The molecule has 0 aliphatic carbocycles. The first-order valence-corrected chi connectivity index (χ1v) is 42.1. The van der Waals surface area contributed by atoms with Gasteiger partial charge in [0.25, 0.3) is 0 Å². The number of hydrogen-bond acceptors (Lipinski definition) is 5. The van der Waals surface area contributed by atoms with Gasteiger partial charge in [-0.15, -0.1) is 0 Å². The summed E-state index contributed by atoms with van der Waals surface area (Å²) in [6.07, 6.45) is 105. The van der Waals surface area contributed by atoms with Gasteiger partial charge in [0.05, 0.1) is 25.4 Å². The molecule has 0 aromatic rings. The predicted octanol–water partition coefficient (Wildman–Crippen LogP) is 28.0. The number of rotatable bonds is 80. The number of aliphatic hydroxyl groups excluding tert-OH is 2. The molecule has 91 heavy (non-hydrogen) atoms. The van der Waals surface area contributed by atoms with E-state index in [4.69, 9.17) is 4.74 Å². The monoisotopic (exact) mass is 1280 g/mol. The molecule has 0 bridgehead atoms. The molecule has 0 aliphatic rings. The summed E-state index contributed by atoms with van der Waals surface area (Å²) in [5.41, 5.74) is 0. The molecule has 0 spiro atoms. The molecular formula is C85H165NO5. The Labute approximate surface area is 571 Å². The number of unbranched alkanes of at least 4 members (excludes halogenated alkanes) is 67. The van der Waals surface area contributed by atoms with E-state index in [2.05, 4.69) is 31.3 Å². The minimum atomic E-state index is -0.841. The van der Waals surface area contributed by atoms with Crippen LogP contribution in [0.4, 0.5) is 0 Å². The number of carbonyl (C=O) groups excluding carboxylic acids is 2. The van der Waals surface area contributed by atoms with Crippen LogP contribution in [-0.4, -0.2) is 47.4 Å². The van der Waals surface area contributed by atoms with Gasteiger partial charge in [0.1, 0.15) is 0 Å². The molecule has 0 aromatic carbocycles. The van der Waals surface area contributed by atoms with Crippen LogP contribution in [0.25, 0.3) is 0 Å². The Morgan fingerprint density at radius 1 is 0.297 bits per heavy atom. The number of aliphatic hydroxyl groups is 2. The van der Waals surface area contributed by atoms with Crippen molar-refractivity contribution in [2.45, 2.75) is 495 Å². The number of allylic oxidation sites excluding steroid dienone is 3. The van der Waals surface area contributed by atoms with Gasteiger partial charge in [-0.3, -0.25) is 9.59 Å². The molecule has 0 heterocycles. The average molecular weight is 1280 g/mol. The molecule has 0 rings (SSSR count). The zero-order valence-corrected chi connectivity index (χ0v) is 62.1. The smallest absolute Gasteiger partial charge is 0.305 e. The summed E-state index contributed by atoms with van der Waals surface area (Å²) in [7, 11) is 0. The standard InChI is InChI=1S/C85H165NO5/c1-3-5-7-9-11-13-15-17-18-19-20-21-41-44-47-50-54-57-61-65-69-73-77-83(88)82(81-87)86-84(89)78-74-70-66-62-58-55-51-48-45-42-39-37-35-33-31-29-27-25-23-22-24-26-28-30-32-34-36-38-40-43-46-49-52-56-60-64-68-72-76-80-91-85(90)79-75-71-67-63-59-53-16-14-12-10-8-6-4-2/h14,16,73,77,82-83,87-88H,3-13,15,17-72,74-76,78-81H2,1-2H3,(H,86,89)/b16-14-,77-73+. The maximum absolute atomic E-state index is 12.6. The SMILES string of the molecule is CCCCCC/C=C\CCCCCCCC(=O)OCCCCCCCCCCCCCCCCCCCCCCCCCCCCCCCCCCCCCCCCCC(=O)NC(CO)C(O)/C=C/CCCCCCCCCCCCCCCCCCCCCC. The van der Waals surface area contributed by atoms with Crippen molar-refractivity contribution in [2.24, 2.45) is 0 Å². The first kappa shape index (κ1) is 89.3. The van der Waals surface area contributed by atoms with E-state index < -0.39 is 12.1 Å². The topological polar surface area (TPSA) is 95.9 Å². The molecule has 2 unspecified atom stereocenters. The van der Waals surface area contributed by atoms with Gasteiger partial charge in [0.2, 0.25) is 5.91 Å². The van der Waals surface area contributed by atoms with Crippen molar-refractivity contribution in [3.8, 4) is 0 Å². The normalized spacial score (nSPS) is 12.5. The Balaban J connectivity index is 3.32. The number of carbonyl (C=O) groups is 2. The summed E-state index contributed by atoms with van der Waals surface area (Å²) in [5, 5.41) is 23.3. The van der Waals surface area contributed by atoms with Crippen LogP contribution in [0.2, 0.25) is 0 Å². The maximum atomic E-state index is 12.6. The summed E-state index contributed by atoms with van der Waals surface area (Å²) in [5.74, 6) is -0.0410. The highest BCUT2D eigenvalue weighted by Crippen LogP contribution is 2.21. The molecule has 0 radical (unpaired) electrons. The van der Waals surface area contributed by atoms with Crippen LogP contribution >= 0.6 is 0 Å². The molecule has 0 aromatic heterocycles. The number of hydrogen-bond donors (Lipinski definition) is 3. The third-order valence-electron chi connectivity index (χ3n) is 20.0. The molecular weight excluding hydrogens is 1110 g/mol. The van der Waals surface area contributed by atoms with Crippen LogP contribution in [0, 0.1) is 0 Å². The van der Waals surface area contributed by atoms with Gasteiger partial charge in [0.15, 0.2) is 0 Å². The van der Waals surface area contributed by atoms with E-state index in [-0.39, 0.29) is 18.5 Å². The van der Waals surface area contributed by atoms with Gasteiger partial charge in [0, 0.05) is 12.8 Å². The van der Waals surface area contributed by atoms with Crippen LogP contribution in [-0.2, 0) is 14.3 Å². The number of nitrogens with one attached hydrogen (secondary N) is 1. The van der Waals surface area contributed by atoms with E-state index in [0.29, 0.717) is 19.4 Å². The molecule has 3 N–H and O–H groups in total. The fourth-order valence-electron chi connectivity index (χ4n) is 13.6. The second kappa shape index (κ2) is 80.8. The highest BCUT2D eigenvalue weighted by atomic mass is 16.5. The van der Waals surface area contributed by atoms with Gasteiger partial charge < -0.3 is 20.3 Å². The third-order valence-corrected chi connectivity index (χ3v) is 20.0. The maximum Gasteiger partial charge on any atom is 0.305 e. The summed E-state index contributed by atoms with van der Waals surface area (Å²) in [6, 6.07) is -0.624. The molecule has 0 saturated carbocycles. The Morgan fingerprint density at radius 2 is 0.516 bits per heavy atom. The molecule has 0 aliphatic heterocycles. The summed E-state index contributed by atoms with van der Waals surface area (Å²) >= 11 is 0. The van der Waals surface area contributed by atoms with Crippen LogP contribution < -0.4 is 5.32 Å². The minimum absolute atomic E-state index is 0.0155. The van der Waals surface area contributed by atoms with E-state index in [1.54, 1.807) is 6.08 Å². The van der Waals surface area contributed by atoms with Crippen LogP contribution in [0.3, 0.4) is 0 Å². The number of ether oxygens (including phenoxy) is 1. The Kier molecular flexibility index (Phi) is 79.3. The van der Waals surface area contributed by atoms with Crippen molar-refractivity contribution in [3.05, 3.63) is 24.3 Å². The van der Waals surface area contributed by atoms with E-state index in [0.717, 1.165) is 44.9 Å². The van der Waals surface area contributed by atoms with Gasteiger partial charge >= 0.3 is 5.97 Å². The summed E-state index contributed by atoms with van der Waals surface area (Å²) < 4.78 is 5.49. The summed E-state index contributed by atoms with van der Waals surface area (Å²) in [6.45, 7) is 4.94. The van der Waals surface area contributed by atoms with Gasteiger partial charge in [-0.2, -0.15) is 0 Å². The quantitative estimate of drug-likeness (QED) is 0.0320. The second-order valence-electron chi connectivity index (χ2n) is 29.2. The first-order valence-electron chi connectivity index (χ1n) is 42.1. The summed E-state index contributed by atoms with van der Waals surface area (Å²) in [4.78, 5) is 24.6. The fraction of sp³-hybridized carbons (Fsp3) is 0.929. The molecule has 540 valence electrons. The molecule has 2 atom stereocenters. The average Bonchev–Trinajstić information content (AvgIpc) is 3.70. The van der Waals surface area contributed by atoms with E-state index in [9.17, 15) is 19.8 Å². The molecule has 0 saturated heterocycles. The van der Waals surface area contributed by atoms with Crippen molar-refractivity contribution in [1.82, 2.24) is 5.32 Å². The molecule has 1 amide bonds. The lowest BCUT2D eigenvalue weighted by molar-refractivity contribution is -0.143. The molecule has 6 heteroatoms. The molecule has 0 fully saturated rings. The van der Waals surface area contributed by atoms with E-state index >= 15 is 0 Å². The zero-order chi connectivity index (χ0) is 65.6.